The summed E-state index contributed by atoms with van der Waals surface area (Å²) in [5.41, 5.74) is 0. The zero-order valence-electron chi connectivity index (χ0n) is 11.4. The van der Waals surface area contributed by atoms with Gasteiger partial charge in [0.15, 0.2) is 6.29 Å². The number of unbranched alkanes of at least 4 members (excludes halogenated alkanes) is 3. The standard InChI is InChI=1S/C15H24O3/c1-3-4-5-6-7-8-11-9-13-12(15(11)16)10-14(17-2)18-13/h11-16H,3-6,9-10H2,1-2H3/t11-,12-,13-,14+,15+/m0/s1. The number of fused-ring (bicyclic) bond motifs is 1. The number of ether oxygens (including phenoxy) is 2. The van der Waals surface area contributed by atoms with Gasteiger partial charge in [-0.25, -0.2) is 0 Å². The van der Waals surface area contributed by atoms with Gasteiger partial charge in [-0.15, -0.1) is 5.92 Å². The number of rotatable bonds is 4. The summed E-state index contributed by atoms with van der Waals surface area (Å²) in [6.45, 7) is 2.19. The van der Waals surface area contributed by atoms with Crippen molar-refractivity contribution in [3.05, 3.63) is 0 Å². The molecule has 1 aliphatic carbocycles. The highest BCUT2D eigenvalue weighted by molar-refractivity contribution is 5.12. The molecular formula is C15H24O3. The molecule has 0 aromatic carbocycles. The summed E-state index contributed by atoms with van der Waals surface area (Å²) in [6.07, 6.45) is 5.91. The van der Waals surface area contributed by atoms with E-state index in [1.807, 2.05) is 0 Å². The molecule has 18 heavy (non-hydrogen) atoms. The summed E-state index contributed by atoms with van der Waals surface area (Å²) in [4.78, 5) is 0. The van der Waals surface area contributed by atoms with E-state index in [1.54, 1.807) is 7.11 Å². The molecule has 0 bridgehead atoms. The Morgan fingerprint density at radius 1 is 1.33 bits per heavy atom. The van der Waals surface area contributed by atoms with Crippen molar-refractivity contribution in [2.75, 3.05) is 7.11 Å². The van der Waals surface area contributed by atoms with Gasteiger partial charge < -0.3 is 14.6 Å². The summed E-state index contributed by atoms with van der Waals surface area (Å²) in [6, 6.07) is 0. The Morgan fingerprint density at radius 3 is 2.83 bits per heavy atom. The number of hydrogen-bond acceptors (Lipinski definition) is 3. The first-order chi connectivity index (χ1) is 8.76. The predicted octanol–water partition coefficient (Wildman–Crippen LogP) is 2.33. The summed E-state index contributed by atoms with van der Waals surface area (Å²) in [5.74, 6) is 6.75. The Kier molecular flexibility index (Phi) is 5.05. The van der Waals surface area contributed by atoms with Crippen molar-refractivity contribution < 1.29 is 14.6 Å². The van der Waals surface area contributed by atoms with Crippen LogP contribution in [0.3, 0.4) is 0 Å². The smallest absolute Gasteiger partial charge is 0.158 e. The number of methoxy groups -OCH3 is 1. The minimum Gasteiger partial charge on any atom is -0.391 e. The molecule has 1 N–H and O–H groups in total. The van der Waals surface area contributed by atoms with Crippen molar-refractivity contribution >= 4 is 0 Å². The summed E-state index contributed by atoms with van der Waals surface area (Å²) in [5, 5.41) is 10.2. The van der Waals surface area contributed by atoms with Crippen LogP contribution in [0.25, 0.3) is 0 Å². The molecule has 0 amide bonds. The average molecular weight is 252 g/mol. The molecule has 5 atom stereocenters. The molecule has 0 radical (unpaired) electrons. The summed E-state index contributed by atoms with van der Waals surface area (Å²) >= 11 is 0. The minimum atomic E-state index is -0.339. The van der Waals surface area contributed by atoms with Crippen molar-refractivity contribution in [3.63, 3.8) is 0 Å². The molecule has 0 aromatic heterocycles. The van der Waals surface area contributed by atoms with Crippen LogP contribution in [0.4, 0.5) is 0 Å². The van der Waals surface area contributed by atoms with Crippen LogP contribution in [0.15, 0.2) is 0 Å². The summed E-state index contributed by atoms with van der Waals surface area (Å²) < 4.78 is 10.9. The molecule has 0 unspecified atom stereocenters. The molecular weight excluding hydrogens is 228 g/mol. The van der Waals surface area contributed by atoms with Gasteiger partial charge in [-0.05, 0) is 12.8 Å². The van der Waals surface area contributed by atoms with Crippen LogP contribution in [0, 0.1) is 23.7 Å². The van der Waals surface area contributed by atoms with Crippen molar-refractivity contribution in [2.45, 2.75) is 63.9 Å². The Hall–Kier alpha value is -0.560. The lowest BCUT2D eigenvalue weighted by atomic mass is 9.98. The Bertz CT molecular complexity index is 317. The van der Waals surface area contributed by atoms with Crippen molar-refractivity contribution in [2.24, 2.45) is 11.8 Å². The fourth-order valence-corrected chi connectivity index (χ4v) is 2.97. The Balaban J connectivity index is 1.80. The van der Waals surface area contributed by atoms with Gasteiger partial charge in [0.2, 0.25) is 0 Å². The van der Waals surface area contributed by atoms with Crippen LogP contribution in [0.2, 0.25) is 0 Å². The van der Waals surface area contributed by atoms with Gasteiger partial charge in [0.1, 0.15) is 0 Å². The van der Waals surface area contributed by atoms with Crippen molar-refractivity contribution in [1.82, 2.24) is 0 Å². The van der Waals surface area contributed by atoms with Gasteiger partial charge in [-0.1, -0.05) is 25.7 Å². The van der Waals surface area contributed by atoms with E-state index in [4.69, 9.17) is 9.47 Å². The first-order valence-corrected chi connectivity index (χ1v) is 7.11. The topological polar surface area (TPSA) is 38.7 Å². The van der Waals surface area contributed by atoms with Gasteiger partial charge in [-0.2, -0.15) is 0 Å². The monoisotopic (exact) mass is 252 g/mol. The number of hydrogen-bond donors (Lipinski definition) is 1. The van der Waals surface area contributed by atoms with E-state index in [0.29, 0.717) is 0 Å². The maximum absolute atomic E-state index is 10.2. The SMILES string of the molecule is CCCCCC#C[C@H]1C[C@@H]2O[C@@H](OC)C[C@@H]2[C@@H]1O. The predicted molar refractivity (Wildman–Crippen MR) is 69.8 cm³/mol. The molecule has 2 aliphatic rings. The quantitative estimate of drug-likeness (QED) is 0.616. The first-order valence-electron chi connectivity index (χ1n) is 7.11. The Labute approximate surface area is 110 Å². The lowest BCUT2D eigenvalue weighted by Crippen LogP contribution is -2.22. The maximum Gasteiger partial charge on any atom is 0.158 e. The first kappa shape index (κ1) is 13.9. The van der Waals surface area contributed by atoms with Gasteiger partial charge in [0, 0.05) is 31.8 Å². The second-order valence-electron chi connectivity index (χ2n) is 5.35. The van der Waals surface area contributed by atoms with E-state index < -0.39 is 0 Å². The molecule has 1 aliphatic heterocycles. The van der Waals surface area contributed by atoms with Gasteiger partial charge in [0.05, 0.1) is 12.2 Å². The van der Waals surface area contributed by atoms with E-state index in [-0.39, 0.29) is 30.3 Å². The fourth-order valence-electron chi connectivity index (χ4n) is 2.97. The second kappa shape index (κ2) is 6.56. The third kappa shape index (κ3) is 3.06. The molecule has 0 spiro atoms. The lowest BCUT2D eigenvalue weighted by molar-refractivity contribution is -0.115. The van der Waals surface area contributed by atoms with Crippen LogP contribution in [0.5, 0.6) is 0 Å². The molecule has 1 heterocycles. The molecule has 1 saturated carbocycles. The maximum atomic E-state index is 10.2. The number of aliphatic hydroxyl groups excluding tert-OH is 1. The number of aliphatic hydroxyl groups is 1. The molecule has 2 rings (SSSR count). The summed E-state index contributed by atoms with van der Waals surface area (Å²) in [7, 11) is 1.66. The third-order valence-electron chi connectivity index (χ3n) is 4.06. The minimum absolute atomic E-state index is 0.0967. The average Bonchev–Trinajstić information content (AvgIpc) is 2.90. The molecule has 0 aromatic rings. The van der Waals surface area contributed by atoms with Crippen LogP contribution >= 0.6 is 0 Å². The van der Waals surface area contributed by atoms with Gasteiger partial charge in [0.25, 0.3) is 0 Å². The van der Waals surface area contributed by atoms with Crippen LogP contribution in [0.1, 0.15) is 45.4 Å². The van der Waals surface area contributed by atoms with Crippen molar-refractivity contribution in [1.29, 1.82) is 0 Å². The van der Waals surface area contributed by atoms with Crippen molar-refractivity contribution in [3.8, 4) is 11.8 Å². The van der Waals surface area contributed by atoms with Crippen LogP contribution in [-0.4, -0.2) is 30.7 Å². The van der Waals surface area contributed by atoms with E-state index >= 15 is 0 Å². The molecule has 1 saturated heterocycles. The van der Waals surface area contributed by atoms with E-state index in [2.05, 4.69) is 18.8 Å². The van der Waals surface area contributed by atoms with Crippen LogP contribution < -0.4 is 0 Å². The molecule has 2 fully saturated rings. The highest BCUT2D eigenvalue weighted by atomic mass is 16.7. The van der Waals surface area contributed by atoms with E-state index in [1.165, 1.54) is 19.3 Å². The molecule has 3 heteroatoms. The van der Waals surface area contributed by atoms with Crippen LogP contribution in [-0.2, 0) is 9.47 Å². The van der Waals surface area contributed by atoms with Gasteiger partial charge >= 0.3 is 0 Å². The second-order valence-corrected chi connectivity index (χ2v) is 5.35. The largest absolute Gasteiger partial charge is 0.391 e. The zero-order valence-corrected chi connectivity index (χ0v) is 11.4. The fraction of sp³-hybridized carbons (Fsp3) is 0.867. The highest BCUT2D eigenvalue weighted by Crippen LogP contribution is 2.42. The zero-order chi connectivity index (χ0) is 13.0. The molecule has 3 nitrogen and oxygen atoms in total. The Morgan fingerprint density at radius 2 is 2.17 bits per heavy atom. The van der Waals surface area contributed by atoms with Gasteiger partial charge in [-0.3, -0.25) is 0 Å². The molecule has 102 valence electrons. The lowest BCUT2D eigenvalue weighted by Gasteiger charge is -2.14. The normalized spacial score (nSPS) is 38.3. The third-order valence-corrected chi connectivity index (χ3v) is 4.06. The van der Waals surface area contributed by atoms with E-state index in [9.17, 15) is 5.11 Å². The highest BCUT2D eigenvalue weighted by Gasteiger charge is 2.48. The van der Waals surface area contributed by atoms with E-state index in [0.717, 1.165) is 19.3 Å².